The van der Waals surface area contributed by atoms with Gasteiger partial charge >= 0.3 is 0 Å². The molecule has 0 aromatic heterocycles. The maximum absolute atomic E-state index is 2.34. The fourth-order valence-corrected chi connectivity index (χ4v) is 3.66. The van der Waals surface area contributed by atoms with Crippen molar-refractivity contribution in [2.75, 3.05) is 0 Å². The second kappa shape index (κ2) is 4.38. The van der Waals surface area contributed by atoms with E-state index in [2.05, 4.69) is 54.6 Å². The maximum Gasteiger partial charge on any atom is -0.0103 e. The Balaban J connectivity index is 2.03. The van der Waals surface area contributed by atoms with Gasteiger partial charge in [-0.2, -0.15) is 0 Å². The first-order valence-corrected chi connectivity index (χ1v) is 7.34. The summed E-state index contributed by atoms with van der Waals surface area (Å²) in [7, 11) is 0. The van der Waals surface area contributed by atoms with E-state index in [9.17, 15) is 0 Å². The monoisotopic (exact) mass is 246 g/mol. The number of fused-ring (bicyclic) bond motifs is 3. The maximum atomic E-state index is 2.34. The van der Waals surface area contributed by atoms with E-state index in [1.807, 2.05) is 0 Å². The summed E-state index contributed by atoms with van der Waals surface area (Å²) in [6.45, 7) is 0. The van der Waals surface area contributed by atoms with Crippen LogP contribution in [0.2, 0.25) is 0 Å². The third-order valence-electron chi connectivity index (χ3n) is 4.62. The van der Waals surface area contributed by atoms with E-state index in [1.54, 1.807) is 5.56 Å². The number of rotatable bonds is 1. The molecule has 0 heterocycles. The highest BCUT2D eigenvalue weighted by Gasteiger charge is 2.19. The zero-order valence-electron chi connectivity index (χ0n) is 11.1. The quantitative estimate of drug-likeness (QED) is 0.487. The van der Waals surface area contributed by atoms with Crippen LogP contribution in [0, 0.1) is 0 Å². The fraction of sp³-hybridized carbons (Fsp3) is 0.263. The number of hydrogen-bond donors (Lipinski definition) is 0. The van der Waals surface area contributed by atoms with E-state index in [4.69, 9.17) is 0 Å². The lowest BCUT2D eigenvalue weighted by atomic mass is 9.90. The molecule has 1 fully saturated rings. The molecule has 0 amide bonds. The van der Waals surface area contributed by atoms with Gasteiger partial charge in [0.2, 0.25) is 0 Å². The highest BCUT2D eigenvalue weighted by molar-refractivity contribution is 6.08. The van der Waals surface area contributed by atoms with Crippen molar-refractivity contribution in [2.24, 2.45) is 0 Å². The van der Waals surface area contributed by atoms with Gasteiger partial charge in [0.25, 0.3) is 0 Å². The van der Waals surface area contributed by atoms with E-state index < -0.39 is 0 Å². The first-order valence-electron chi connectivity index (χ1n) is 7.34. The van der Waals surface area contributed by atoms with E-state index in [0.29, 0.717) is 0 Å². The molecule has 0 heteroatoms. The third kappa shape index (κ3) is 1.74. The lowest BCUT2D eigenvalue weighted by molar-refractivity contribution is 0.729. The minimum atomic E-state index is 0.782. The van der Waals surface area contributed by atoms with Gasteiger partial charge in [-0.1, -0.05) is 67.4 Å². The van der Waals surface area contributed by atoms with E-state index in [1.165, 1.54) is 47.2 Å². The van der Waals surface area contributed by atoms with E-state index >= 15 is 0 Å². The van der Waals surface area contributed by atoms with Crippen LogP contribution in [0.3, 0.4) is 0 Å². The highest BCUT2D eigenvalue weighted by atomic mass is 14.2. The molecule has 0 saturated heterocycles. The van der Waals surface area contributed by atoms with Crippen molar-refractivity contribution in [3.63, 3.8) is 0 Å². The Bertz CT molecular complexity index is 733. The van der Waals surface area contributed by atoms with Crippen LogP contribution in [0.1, 0.15) is 37.2 Å². The molecule has 0 radical (unpaired) electrons. The SMILES string of the molecule is c1ccc2c(c1)ccc1c(C3CCCC3)cccc12. The van der Waals surface area contributed by atoms with Crippen molar-refractivity contribution in [1.82, 2.24) is 0 Å². The zero-order valence-corrected chi connectivity index (χ0v) is 11.1. The van der Waals surface area contributed by atoms with Crippen LogP contribution in [0.25, 0.3) is 21.5 Å². The molecule has 1 aliphatic carbocycles. The van der Waals surface area contributed by atoms with Gasteiger partial charge in [-0.15, -0.1) is 0 Å². The third-order valence-corrected chi connectivity index (χ3v) is 4.62. The lowest BCUT2D eigenvalue weighted by Crippen LogP contribution is -1.93. The summed E-state index contributed by atoms with van der Waals surface area (Å²) >= 11 is 0. The molecule has 0 unspecified atom stereocenters. The Kier molecular flexibility index (Phi) is 2.55. The molecule has 0 aliphatic heterocycles. The summed E-state index contributed by atoms with van der Waals surface area (Å²) < 4.78 is 0. The summed E-state index contributed by atoms with van der Waals surface area (Å²) in [6, 6.07) is 20.2. The predicted octanol–water partition coefficient (Wildman–Crippen LogP) is 5.65. The molecule has 1 aliphatic rings. The Morgan fingerprint density at radius 3 is 2.32 bits per heavy atom. The van der Waals surface area contributed by atoms with Crippen LogP contribution in [0.4, 0.5) is 0 Å². The second-order valence-corrected chi connectivity index (χ2v) is 5.71. The van der Waals surface area contributed by atoms with Crippen LogP contribution in [0.15, 0.2) is 54.6 Å². The van der Waals surface area contributed by atoms with Gasteiger partial charge in [-0.05, 0) is 45.9 Å². The first-order chi connectivity index (χ1) is 9.43. The molecule has 0 atom stereocenters. The standard InChI is InChI=1S/C19H18/c1-2-7-14(6-1)17-10-5-11-18-16-9-4-3-8-15(16)12-13-19(17)18/h3-5,8-14H,1-2,6-7H2. The molecular weight excluding hydrogens is 228 g/mol. The molecule has 0 spiro atoms. The first kappa shape index (κ1) is 11.0. The predicted molar refractivity (Wildman–Crippen MR) is 82.7 cm³/mol. The van der Waals surface area contributed by atoms with Gasteiger partial charge in [0.15, 0.2) is 0 Å². The molecular formula is C19H18. The summed E-state index contributed by atoms with van der Waals surface area (Å²) in [5.41, 5.74) is 1.57. The van der Waals surface area contributed by atoms with Crippen molar-refractivity contribution in [2.45, 2.75) is 31.6 Å². The van der Waals surface area contributed by atoms with Crippen LogP contribution >= 0.6 is 0 Å². The molecule has 1 saturated carbocycles. The van der Waals surface area contributed by atoms with Gasteiger partial charge in [-0.3, -0.25) is 0 Å². The second-order valence-electron chi connectivity index (χ2n) is 5.71. The van der Waals surface area contributed by atoms with Crippen LogP contribution in [0.5, 0.6) is 0 Å². The van der Waals surface area contributed by atoms with Crippen molar-refractivity contribution in [1.29, 1.82) is 0 Å². The molecule has 3 aromatic rings. The van der Waals surface area contributed by atoms with Crippen molar-refractivity contribution < 1.29 is 0 Å². The average molecular weight is 246 g/mol. The van der Waals surface area contributed by atoms with Crippen LogP contribution < -0.4 is 0 Å². The van der Waals surface area contributed by atoms with Crippen LogP contribution in [-0.4, -0.2) is 0 Å². The van der Waals surface area contributed by atoms with Gasteiger partial charge in [0, 0.05) is 0 Å². The Labute approximate surface area is 114 Å². The fourth-order valence-electron chi connectivity index (χ4n) is 3.66. The average Bonchev–Trinajstić information content (AvgIpc) is 3.00. The van der Waals surface area contributed by atoms with Gasteiger partial charge in [0.05, 0.1) is 0 Å². The largest absolute Gasteiger partial charge is 0.0616 e. The molecule has 0 N–H and O–H groups in total. The normalized spacial score (nSPS) is 16.4. The van der Waals surface area contributed by atoms with Crippen molar-refractivity contribution in [3.05, 3.63) is 60.2 Å². The van der Waals surface area contributed by atoms with Crippen molar-refractivity contribution >= 4 is 21.5 Å². The topological polar surface area (TPSA) is 0 Å². The molecule has 19 heavy (non-hydrogen) atoms. The number of benzene rings is 3. The van der Waals surface area contributed by atoms with E-state index in [0.717, 1.165) is 5.92 Å². The molecule has 94 valence electrons. The van der Waals surface area contributed by atoms with Gasteiger partial charge in [-0.25, -0.2) is 0 Å². The molecule has 4 rings (SSSR count). The molecule has 0 nitrogen and oxygen atoms in total. The molecule has 0 bridgehead atoms. The molecule has 3 aromatic carbocycles. The van der Waals surface area contributed by atoms with Crippen LogP contribution in [-0.2, 0) is 0 Å². The minimum absolute atomic E-state index is 0.782. The van der Waals surface area contributed by atoms with Gasteiger partial charge < -0.3 is 0 Å². The summed E-state index contributed by atoms with van der Waals surface area (Å²) in [5, 5.41) is 5.62. The Hall–Kier alpha value is -1.82. The highest BCUT2D eigenvalue weighted by Crippen LogP contribution is 2.39. The van der Waals surface area contributed by atoms with Crippen molar-refractivity contribution in [3.8, 4) is 0 Å². The smallest absolute Gasteiger partial charge is 0.0103 e. The summed E-state index contributed by atoms with van der Waals surface area (Å²) in [4.78, 5) is 0. The number of hydrogen-bond acceptors (Lipinski definition) is 0. The Morgan fingerprint density at radius 2 is 1.42 bits per heavy atom. The summed E-state index contributed by atoms with van der Waals surface area (Å²) in [6.07, 6.45) is 5.53. The summed E-state index contributed by atoms with van der Waals surface area (Å²) in [5.74, 6) is 0.782. The van der Waals surface area contributed by atoms with Gasteiger partial charge in [0.1, 0.15) is 0 Å². The van der Waals surface area contributed by atoms with E-state index in [-0.39, 0.29) is 0 Å². The minimum Gasteiger partial charge on any atom is -0.0616 e. The lowest BCUT2D eigenvalue weighted by Gasteiger charge is -2.14. The zero-order chi connectivity index (χ0) is 12.7. The Morgan fingerprint density at radius 1 is 0.632 bits per heavy atom.